The van der Waals surface area contributed by atoms with Crippen molar-refractivity contribution in [1.82, 2.24) is 20.1 Å². The minimum Gasteiger partial charge on any atom is -0.313 e. The van der Waals surface area contributed by atoms with Crippen LogP contribution in [-0.2, 0) is 5.54 Å². The highest BCUT2D eigenvalue weighted by Crippen LogP contribution is 2.32. The Morgan fingerprint density at radius 3 is 2.75 bits per heavy atom. The largest absolute Gasteiger partial charge is 0.313 e. The average molecular weight is 222 g/mol. The maximum Gasteiger partial charge on any atom is 0.152 e. The van der Waals surface area contributed by atoms with Crippen molar-refractivity contribution in [3.05, 3.63) is 12.2 Å². The van der Waals surface area contributed by atoms with Crippen LogP contribution in [0.15, 0.2) is 6.33 Å². The summed E-state index contributed by atoms with van der Waals surface area (Å²) in [5.41, 5.74) is -0.0894. The van der Waals surface area contributed by atoms with E-state index in [1.807, 2.05) is 6.33 Å². The summed E-state index contributed by atoms with van der Waals surface area (Å²) in [7, 11) is 0. The van der Waals surface area contributed by atoms with Crippen LogP contribution in [0.2, 0.25) is 0 Å². The predicted molar refractivity (Wildman–Crippen MR) is 64.2 cm³/mol. The Bertz CT molecular complexity index is 337. The van der Waals surface area contributed by atoms with Gasteiger partial charge in [-0.3, -0.25) is 0 Å². The van der Waals surface area contributed by atoms with Crippen molar-refractivity contribution in [3.8, 4) is 0 Å². The Morgan fingerprint density at radius 2 is 2.12 bits per heavy atom. The smallest absolute Gasteiger partial charge is 0.152 e. The summed E-state index contributed by atoms with van der Waals surface area (Å²) >= 11 is 0. The fraction of sp³-hybridized carbons (Fsp3) is 0.833. The first kappa shape index (κ1) is 11.6. The Balaban J connectivity index is 2.24. The van der Waals surface area contributed by atoms with Gasteiger partial charge in [-0.2, -0.15) is 0 Å². The lowest BCUT2D eigenvalue weighted by Gasteiger charge is -2.27. The molecule has 2 rings (SSSR count). The first-order chi connectivity index (χ1) is 7.65. The fourth-order valence-corrected chi connectivity index (χ4v) is 2.66. The second-order valence-electron chi connectivity index (χ2n) is 5.16. The minimum absolute atomic E-state index is 0.0894. The minimum atomic E-state index is -0.0894. The second-order valence-corrected chi connectivity index (χ2v) is 5.16. The number of rotatable bonds is 4. The quantitative estimate of drug-likeness (QED) is 0.849. The fourth-order valence-electron chi connectivity index (χ4n) is 2.66. The number of hydrogen-bond donors (Lipinski definition) is 1. The van der Waals surface area contributed by atoms with Gasteiger partial charge in [0.25, 0.3) is 0 Å². The lowest BCUT2D eigenvalue weighted by Crippen LogP contribution is -2.39. The molecule has 1 aromatic rings. The molecular weight excluding hydrogens is 200 g/mol. The second kappa shape index (κ2) is 4.53. The monoisotopic (exact) mass is 222 g/mol. The maximum atomic E-state index is 4.30. The van der Waals surface area contributed by atoms with Crippen LogP contribution in [0.1, 0.15) is 58.3 Å². The third-order valence-electron chi connectivity index (χ3n) is 3.47. The lowest BCUT2D eigenvalue weighted by molar-refractivity contribution is 0.353. The van der Waals surface area contributed by atoms with Gasteiger partial charge < -0.3 is 9.88 Å². The van der Waals surface area contributed by atoms with E-state index in [1.54, 1.807) is 0 Å². The molecule has 16 heavy (non-hydrogen) atoms. The summed E-state index contributed by atoms with van der Waals surface area (Å²) < 4.78 is 2.27. The molecule has 0 saturated heterocycles. The van der Waals surface area contributed by atoms with E-state index in [1.165, 1.54) is 25.7 Å². The molecule has 0 spiro atoms. The van der Waals surface area contributed by atoms with Gasteiger partial charge in [0.05, 0.1) is 5.54 Å². The first-order valence-corrected chi connectivity index (χ1v) is 6.30. The van der Waals surface area contributed by atoms with Crippen LogP contribution in [0.3, 0.4) is 0 Å². The standard InChI is InChI=1S/C12H22N4/c1-4-13-12(2,3)11-15-14-9-16(11)10-7-5-6-8-10/h9-10,13H,4-8H2,1-3H3. The van der Waals surface area contributed by atoms with Crippen LogP contribution in [0.5, 0.6) is 0 Å². The van der Waals surface area contributed by atoms with Gasteiger partial charge in [-0.1, -0.05) is 19.8 Å². The predicted octanol–water partition coefficient (Wildman–Crippen LogP) is 2.24. The molecule has 4 heteroatoms. The normalized spacial score (nSPS) is 18.2. The van der Waals surface area contributed by atoms with Crippen molar-refractivity contribution < 1.29 is 0 Å². The average Bonchev–Trinajstić information content (AvgIpc) is 2.88. The Kier molecular flexibility index (Phi) is 3.28. The van der Waals surface area contributed by atoms with Gasteiger partial charge in [0.15, 0.2) is 5.82 Å². The molecule has 0 aliphatic heterocycles. The first-order valence-electron chi connectivity index (χ1n) is 6.30. The summed E-state index contributed by atoms with van der Waals surface area (Å²) in [6, 6.07) is 0.614. The van der Waals surface area contributed by atoms with Crippen LogP contribution in [0.25, 0.3) is 0 Å². The molecule has 4 nitrogen and oxygen atoms in total. The molecular formula is C12H22N4. The molecule has 1 N–H and O–H groups in total. The molecule has 0 atom stereocenters. The van der Waals surface area contributed by atoms with Crippen molar-refractivity contribution in [2.45, 2.75) is 58.0 Å². The summed E-state index contributed by atoms with van der Waals surface area (Å²) in [4.78, 5) is 0. The zero-order chi connectivity index (χ0) is 11.6. The molecule has 1 aliphatic rings. The van der Waals surface area contributed by atoms with E-state index in [9.17, 15) is 0 Å². The van der Waals surface area contributed by atoms with Crippen LogP contribution in [0, 0.1) is 0 Å². The van der Waals surface area contributed by atoms with Gasteiger partial charge in [0, 0.05) is 6.04 Å². The molecule has 1 saturated carbocycles. The van der Waals surface area contributed by atoms with Crippen molar-refractivity contribution in [1.29, 1.82) is 0 Å². The number of hydrogen-bond acceptors (Lipinski definition) is 3. The van der Waals surface area contributed by atoms with Gasteiger partial charge in [0.1, 0.15) is 6.33 Å². The molecule has 0 unspecified atom stereocenters. The molecule has 0 bridgehead atoms. The van der Waals surface area contributed by atoms with Crippen LogP contribution >= 0.6 is 0 Å². The third kappa shape index (κ3) is 2.12. The van der Waals surface area contributed by atoms with Crippen molar-refractivity contribution >= 4 is 0 Å². The van der Waals surface area contributed by atoms with Crippen LogP contribution < -0.4 is 5.32 Å². The highest BCUT2D eigenvalue weighted by molar-refractivity contribution is 5.04. The van der Waals surface area contributed by atoms with E-state index in [2.05, 4.69) is 40.9 Å². The van der Waals surface area contributed by atoms with Crippen molar-refractivity contribution in [2.24, 2.45) is 0 Å². The van der Waals surface area contributed by atoms with E-state index >= 15 is 0 Å². The highest BCUT2D eigenvalue weighted by Gasteiger charge is 2.29. The van der Waals surface area contributed by atoms with Crippen molar-refractivity contribution in [3.63, 3.8) is 0 Å². The van der Waals surface area contributed by atoms with Crippen LogP contribution in [-0.4, -0.2) is 21.3 Å². The maximum absolute atomic E-state index is 4.30. The van der Waals surface area contributed by atoms with E-state index in [0.717, 1.165) is 12.4 Å². The summed E-state index contributed by atoms with van der Waals surface area (Å²) in [5.74, 6) is 1.07. The Hall–Kier alpha value is -0.900. The summed E-state index contributed by atoms with van der Waals surface area (Å²) in [5, 5.41) is 11.9. The molecule has 0 radical (unpaired) electrons. The van der Waals surface area contributed by atoms with E-state index in [0.29, 0.717) is 6.04 Å². The third-order valence-corrected chi connectivity index (χ3v) is 3.47. The van der Waals surface area contributed by atoms with E-state index in [-0.39, 0.29) is 5.54 Å². The molecule has 0 amide bonds. The van der Waals surface area contributed by atoms with Gasteiger partial charge in [0.2, 0.25) is 0 Å². The van der Waals surface area contributed by atoms with Gasteiger partial charge in [-0.05, 0) is 33.2 Å². The number of nitrogens with zero attached hydrogens (tertiary/aromatic N) is 3. The lowest BCUT2D eigenvalue weighted by atomic mass is 10.0. The SMILES string of the molecule is CCNC(C)(C)c1nncn1C1CCCC1. The Labute approximate surface area is 97.5 Å². The molecule has 0 aromatic carbocycles. The topological polar surface area (TPSA) is 42.7 Å². The molecule has 1 aliphatic carbocycles. The zero-order valence-electron chi connectivity index (χ0n) is 10.5. The van der Waals surface area contributed by atoms with Gasteiger partial charge >= 0.3 is 0 Å². The van der Waals surface area contributed by atoms with Gasteiger partial charge in [-0.15, -0.1) is 10.2 Å². The highest BCUT2D eigenvalue weighted by atomic mass is 15.3. The molecule has 1 aromatic heterocycles. The molecule has 90 valence electrons. The summed E-state index contributed by atoms with van der Waals surface area (Å²) in [6.45, 7) is 7.42. The summed E-state index contributed by atoms with van der Waals surface area (Å²) in [6.07, 6.45) is 7.11. The number of nitrogens with one attached hydrogen (secondary N) is 1. The van der Waals surface area contributed by atoms with E-state index in [4.69, 9.17) is 0 Å². The number of aromatic nitrogens is 3. The Morgan fingerprint density at radius 1 is 1.44 bits per heavy atom. The van der Waals surface area contributed by atoms with Crippen molar-refractivity contribution in [2.75, 3.05) is 6.54 Å². The van der Waals surface area contributed by atoms with E-state index < -0.39 is 0 Å². The zero-order valence-corrected chi connectivity index (χ0v) is 10.5. The van der Waals surface area contributed by atoms with Gasteiger partial charge in [-0.25, -0.2) is 0 Å². The molecule has 1 heterocycles. The molecule has 1 fully saturated rings. The van der Waals surface area contributed by atoms with Crippen LogP contribution in [0.4, 0.5) is 0 Å².